The van der Waals surface area contributed by atoms with Crippen molar-refractivity contribution in [3.8, 4) is 0 Å². The third kappa shape index (κ3) is 2.30. The van der Waals surface area contributed by atoms with Crippen LogP contribution in [0.25, 0.3) is 0 Å². The van der Waals surface area contributed by atoms with Gasteiger partial charge >= 0.3 is 97.8 Å². The molecule has 0 spiro atoms. The summed E-state index contributed by atoms with van der Waals surface area (Å²) in [6.07, 6.45) is 0. The molecule has 2 rings (SSSR count). The summed E-state index contributed by atoms with van der Waals surface area (Å²) in [7, 11) is 0. The van der Waals surface area contributed by atoms with Gasteiger partial charge in [0.05, 0.1) is 0 Å². The van der Waals surface area contributed by atoms with E-state index in [0.29, 0.717) is 3.42 Å². The topological polar surface area (TPSA) is 0 Å². The molecule has 1 atom stereocenters. The molecule has 1 saturated heterocycles. The molecule has 1 heterocycles. The van der Waals surface area contributed by atoms with E-state index in [9.17, 15) is 0 Å². The standard InChI is InChI=1S/C10H11S2.Li/c1-2-4-9(5-3-1)10-8-11-6-7-12-10;/h1-5H,6-8H2;. The van der Waals surface area contributed by atoms with Gasteiger partial charge in [0, 0.05) is 0 Å². The number of rotatable bonds is 1. The zero-order valence-electron chi connectivity index (χ0n) is 7.82. The summed E-state index contributed by atoms with van der Waals surface area (Å²) >= 11 is 6.53. The summed E-state index contributed by atoms with van der Waals surface area (Å²) in [5.74, 6) is 3.85. The van der Waals surface area contributed by atoms with Crippen LogP contribution in [-0.2, 0) is 3.42 Å². The van der Waals surface area contributed by atoms with Crippen LogP contribution in [0.4, 0.5) is 0 Å². The quantitative estimate of drug-likeness (QED) is 0.642. The minimum absolute atomic E-state index is 0.351. The van der Waals surface area contributed by atoms with Gasteiger partial charge in [-0.15, -0.1) is 0 Å². The second kappa shape index (κ2) is 4.36. The monoisotopic (exact) mass is 202 g/mol. The van der Waals surface area contributed by atoms with Gasteiger partial charge in [-0.1, -0.05) is 0 Å². The van der Waals surface area contributed by atoms with Crippen molar-refractivity contribution in [1.29, 1.82) is 0 Å². The predicted molar refractivity (Wildman–Crippen MR) is 63.7 cm³/mol. The number of benzene rings is 1. The first-order valence-electron chi connectivity index (χ1n) is 4.58. The third-order valence-corrected chi connectivity index (χ3v) is 5.55. The van der Waals surface area contributed by atoms with Crippen LogP contribution in [0.15, 0.2) is 30.3 Å². The van der Waals surface area contributed by atoms with Crippen molar-refractivity contribution in [1.82, 2.24) is 0 Å². The van der Waals surface area contributed by atoms with Crippen LogP contribution >= 0.6 is 23.5 Å². The molecule has 1 unspecified atom stereocenters. The molecule has 1 aliphatic rings. The Morgan fingerprint density at radius 2 is 1.92 bits per heavy atom. The van der Waals surface area contributed by atoms with E-state index in [1.807, 2.05) is 0 Å². The molecule has 1 aliphatic heterocycles. The molecule has 1 aromatic rings. The van der Waals surface area contributed by atoms with Gasteiger partial charge in [0.25, 0.3) is 0 Å². The summed E-state index contributed by atoms with van der Waals surface area (Å²) in [6.45, 7) is 0. The van der Waals surface area contributed by atoms with Gasteiger partial charge in [-0.25, -0.2) is 0 Å². The zero-order chi connectivity index (χ0) is 9.15. The summed E-state index contributed by atoms with van der Waals surface area (Å²) in [5, 5.41) is 0. The zero-order valence-corrected chi connectivity index (χ0v) is 9.46. The van der Waals surface area contributed by atoms with Gasteiger partial charge in [-0.05, 0) is 0 Å². The molecule has 0 saturated carbocycles. The molecule has 1 aromatic carbocycles. The van der Waals surface area contributed by atoms with Gasteiger partial charge in [-0.2, -0.15) is 0 Å². The first-order valence-corrected chi connectivity index (χ1v) is 6.72. The molecule has 1 fully saturated rings. The maximum absolute atomic E-state index is 2.36. The first-order chi connectivity index (χ1) is 6.31. The molecule has 0 bridgehead atoms. The van der Waals surface area contributed by atoms with Gasteiger partial charge in [-0.3, -0.25) is 0 Å². The van der Waals surface area contributed by atoms with Gasteiger partial charge in [0.15, 0.2) is 0 Å². The van der Waals surface area contributed by atoms with Crippen LogP contribution in [0.2, 0.25) is 0 Å². The van der Waals surface area contributed by atoms with E-state index in [2.05, 4.69) is 71.6 Å². The van der Waals surface area contributed by atoms with Crippen molar-refractivity contribution in [2.75, 3.05) is 17.3 Å². The first kappa shape index (κ1) is 10.0. The van der Waals surface area contributed by atoms with Crippen LogP contribution in [0.3, 0.4) is 0 Å². The van der Waals surface area contributed by atoms with Gasteiger partial charge in [0.2, 0.25) is 0 Å². The molecule has 0 N–H and O–H groups in total. The SMILES string of the molecule is [Li][C]1(c2ccccc2)CSCCS1. The van der Waals surface area contributed by atoms with Gasteiger partial charge < -0.3 is 0 Å². The third-order valence-electron chi connectivity index (χ3n) is 2.41. The fraction of sp³-hybridized carbons (Fsp3) is 0.400. The van der Waals surface area contributed by atoms with E-state index >= 15 is 0 Å². The second-order valence-corrected chi connectivity index (χ2v) is 6.20. The van der Waals surface area contributed by atoms with Crippen LogP contribution in [-0.4, -0.2) is 35.0 Å². The van der Waals surface area contributed by atoms with Crippen molar-refractivity contribution in [3.63, 3.8) is 0 Å². The Hall–Kier alpha value is 0.517. The average molecular weight is 202 g/mol. The molecular formula is C10H11LiS2. The molecule has 0 aromatic heterocycles. The van der Waals surface area contributed by atoms with E-state index in [1.54, 1.807) is 0 Å². The molecule has 64 valence electrons. The van der Waals surface area contributed by atoms with Crippen molar-refractivity contribution in [2.24, 2.45) is 0 Å². The van der Waals surface area contributed by atoms with E-state index in [4.69, 9.17) is 0 Å². The number of thioether (sulfide) groups is 2. The minimum atomic E-state index is 0.351. The van der Waals surface area contributed by atoms with Crippen LogP contribution in [0, 0.1) is 0 Å². The summed E-state index contributed by atoms with van der Waals surface area (Å²) in [5.41, 5.74) is 1.48. The van der Waals surface area contributed by atoms with Crippen LogP contribution in [0.1, 0.15) is 5.56 Å². The summed E-state index contributed by atoms with van der Waals surface area (Å²) in [6, 6.07) is 10.9. The van der Waals surface area contributed by atoms with Crippen molar-refractivity contribution in [2.45, 2.75) is 3.42 Å². The van der Waals surface area contributed by atoms with Crippen molar-refractivity contribution >= 4 is 41.2 Å². The number of hydrogen-bond acceptors (Lipinski definition) is 2. The van der Waals surface area contributed by atoms with Crippen LogP contribution in [0.5, 0.6) is 0 Å². The van der Waals surface area contributed by atoms with E-state index < -0.39 is 0 Å². The molecule has 0 amide bonds. The van der Waals surface area contributed by atoms with Crippen LogP contribution < -0.4 is 0 Å². The Morgan fingerprint density at radius 3 is 2.54 bits per heavy atom. The molecule has 0 nitrogen and oxygen atoms in total. The van der Waals surface area contributed by atoms with E-state index in [0.717, 1.165) is 0 Å². The molecular weight excluding hydrogens is 191 g/mol. The van der Waals surface area contributed by atoms with Crippen molar-refractivity contribution in [3.05, 3.63) is 35.9 Å². The molecule has 3 heteroatoms. The Balaban J connectivity index is 2.23. The number of hydrogen-bond donors (Lipinski definition) is 0. The second-order valence-electron chi connectivity index (χ2n) is 3.50. The normalized spacial score (nSPS) is 28.8. The molecule has 0 radical (unpaired) electrons. The molecule has 13 heavy (non-hydrogen) atoms. The van der Waals surface area contributed by atoms with E-state index in [1.165, 1.54) is 22.8 Å². The predicted octanol–water partition coefficient (Wildman–Crippen LogP) is 2.49. The molecule has 0 aliphatic carbocycles. The maximum atomic E-state index is 2.36. The average Bonchev–Trinajstić information content (AvgIpc) is 2.20. The Kier molecular flexibility index (Phi) is 3.37. The fourth-order valence-corrected chi connectivity index (χ4v) is 4.43. The summed E-state index contributed by atoms with van der Waals surface area (Å²) < 4.78 is 0.351. The Labute approximate surface area is 97.5 Å². The fourth-order valence-electron chi connectivity index (χ4n) is 1.59. The summed E-state index contributed by atoms with van der Waals surface area (Å²) in [4.78, 5) is 0. The van der Waals surface area contributed by atoms with E-state index in [-0.39, 0.29) is 0 Å². The Morgan fingerprint density at radius 1 is 1.15 bits per heavy atom. The van der Waals surface area contributed by atoms with Gasteiger partial charge in [0.1, 0.15) is 0 Å². The van der Waals surface area contributed by atoms with Crippen molar-refractivity contribution < 1.29 is 0 Å². The Bertz CT molecular complexity index is 268.